The number of amides is 2. The van der Waals surface area contributed by atoms with Crippen molar-refractivity contribution in [1.82, 2.24) is 14.8 Å². The van der Waals surface area contributed by atoms with Crippen LogP contribution in [0.1, 0.15) is 58.3 Å². The third-order valence-electron chi connectivity index (χ3n) is 5.96. The molecule has 0 atom stereocenters. The van der Waals surface area contributed by atoms with Gasteiger partial charge in [0, 0.05) is 38.0 Å². The number of para-hydroxylation sites is 2. The van der Waals surface area contributed by atoms with Crippen LogP contribution in [-0.4, -0.2) is 58.6 Å². The summed E-state index contributed by atoms with van der Waals surface area (Å²) in [4.78, 5) is 33.5. The molecule has 3 heterocycles. The maximum Gasteiger partial charge on any atom is 0.410 e. The molecule has 0 saturated carbocycles. The van der Waals surface area contributed by atoms with Gasteiger partial charge in [-0.25, -0.2) is 9.78 Å². The molecule has 0 unspecified atom stereocenters. The van der Waals surface area contributed by atoms with Crippen molar-refractivity contribution in [2.24, 2.45) is 5.92 Å². The Balaban J connectivity index is 1.27. The predicted octanol–water partition coefficient (Wildman–Crippen LogP) is 4.18. The molecule has 4 rings (SSSR count). The molecule has 7 heteroatoms. The van der Waals surface area contributed by atoms with Crippen LogP contribution in [0.4, 0.5) is 4.79 Å². The van der Waals surface area contributed by atoms with Crippen LogP contribution in [0.2, 0.25) is 0 Å². The summed E-state index contributed by atoms with van der Waals surface area (Å²) < 4.78 is 11.4. The molecule has 162 valence electrons. The molecule has 1 aromatic heterocycles. The average molecular weight is 414 g/mol. The van der Waals surface area contributed by atoms with E-state index >= 15 is 0 Å². The van der Waals surface area contributed by atoms with Crippen LogP contribution in [0.5, 0.6) is 0 Å². The molecular weight excluding hydrogens is 382 g/mol. The minimum absolute atomic E-state index is 0.00966. The predicted molar refractivity (Wildman–Crippen MR) is 113 cm³/mol. The fourth-order valence-corrected chi connectivity index (χ4v) is 4.31. The third-order valence-corrected chi connectivity index (χ3v) is 5.96. The van der Waals surface area contributed by atoms with Crippen molar-refractivity contribution in [2.45, 2.75) is 58.0 Å². The van der Waals surface area contributed by atoms with Crippen molar-refractivity contribution in [2.75, 3.05) is 26.2 Å². The molecule has 7 nitrogen and oxygen atoms in total. The summed E-state index contributed by atoms with van der Waals surface area (Å²) in [6, 6.07) is 7.81. The molecule has 30 heavy (non-hydrogen) atoms. The Labute approximate surface area is 177 Å². The highest BCUT2D eigenvalue weighted by Crippen LogP contribution is 2.31. The highest BCUT2D eigenvalue weighted by Gasteiger charge is 2.34. The van der Waals surface area contributed by atoms with Crippen LogP contribution in [0, 0.1) is 5.92 Å². The van der Waals surface area contributed by atoms with E-state index in [0.29, 0.717) is 25.9 Å². The lowest BCUT2D eigenvalue weighted by Gasteiger charge is -2.37. The number of hydrogen-bond acceptors (Lipinski definition) is 5. The molecule has 0 radical (unpaired) electrons. The smallest absolute Gasteiger partial charge is 0.410 e. The van der Waals surface area contributed by atoms with E-state index in [1.165, 1.54) is 0 Å². The molecule has 2 fully saturated rings. The van der Waals surface area contributed by atoms with E-state index in [2.05, 4.69) is 4.98 Å². The Hall–Kier alpha value is -2.57. The Morgan fingerprint density at radius 1 is 1.00 bits per heavy atom. The number of ether oxygens (including phenoxy) is 1. The summed E-state index contributed by atoms with van der Waals surface area (Å²) in [5.41, 5.74) is 1.22. The number of likely N-dealkylation sites (tertiary alicyclic amines) is 2. The molecule has 0 bridgehead atoms. The maximum atomic E-state index is 13.0. The monoisotopic (exact) mass is 413 g/mol. The second-order valence-electron chi connectivity index (χ2n) is 9.36. The van der Waals surface area contributed by atoms with Crippen LogP contribution in [0.15, 0.2) is 28.7 Å². The number of benzene rings is 1. The number of rotatable bonds is 2. The lowest BCUT2D eigenvalue weighted by Crippen LogP contribution is -2.47. The number of oxazole rings is 1. The van der Waals surface area contributed by atoms with Crippen molar-refractivity contribution in [3.63, 3.8) is 0 Å². The number of nitrogens with zero attached hydrogens (tertiary/aromatic N) is 3. The number of fused-ring (bicyclic) bond motifs is 1. The molecule has 2 amide bonds. The van der Waals surface area contributed by atoms with Gasteiger partial charge >= 0.3 is 6.09 Å². The van der Waals surface area contributed by atoms with Crippen LogP contribution >= 0.6 is 0 Å². The summed E-state index contributed by atoms with van der Waals surface area (Å²) in [6.45, 7) is 8.21. The summed E-state index contributed by atoms with van der Waals surface area (Å²) in [5.74, 6) is 1.25. The van der Waals surface area contributed by atoms with E-state index in [-0.39, 0.29) is 23.8 Å². The first-order chi connectivity index (χ1) is 14.3. The van der Waals surface area contributed by atoms with Gasteiger partial charge in [-0.2, -0.15) is 0 Å². The fourth-order valence-electron chi connectivity index (χ4n) is 4.31. The molecule has 2 aliphatic heterocycles. The number of carbonyl (C=O) groups is 2. The van der Waals surface area contributed by atoms with Gasteiger partial charge in [-0.3, -0.25) is 4.79 Å². The number of carbonyl (C=O) groups excluding carboxylic acids is 2. The van der Waals surface area contributed by atoms with E-state index < -0.39 is 5.60 Å². The first kappa shape index (κ1) is 20.7. The zero-order valence-electron chi connectivity index (χ0n) is 18.1. The minimum atomic E-state index is -0.497. The first-order valence-corrected chi connectivity index (χ1v) is 10.9. The van der Waals surface area contributed by atoms with Crippen molar-refractivity contribution in [3.8, 4) is 0 Å². The largest absolute Gasteiger partial charge is 0.444 e. The molecule has 2 saturated heterocycles. The van der Waals surface area contributed by atoms with Crippen LogP contribution in [0.3, 0.4) is 0 Å². The van der Waals surface area contributed by atoms with Crippen LogP contribution in [-0.2, 0) is 9.53 Å². The quantitative estimate of drug-likeness (QED) is 0.738. The van der Waals surface area contributed by atoms with Gasteiger partial charge in [0.15, 0.2) is 11.5 Å². The molecule has 0 N–H and O–H groups in total. The third kappa shape index (κ3) is 4.60. The molecule has 2 aliphatic rings. The number of aromatic nitrogens is 1. The molecule has 0 aliphatic carbocycles. The van der Waals surface area contributed by atoms with Crippen LogP contribution in [0.25, 0.3) is 11.1 Å². The Morgan fingerprint density at radius 3 is 2.27 bits per heavy atom. The normalized spacial score (nSPS) is 19.3. The van der Waals surface area contributed by atoms with Crippen molar-refractivity contribution in [1.29, 1.82) is 0 Å². The number of piperidine rings is 2. The topological polar surface area (TPSA) is 75.9 Å². The molecular formula is C23H31N3O4. The van der Waals surface area contributed by atoms with Gasteiger partial charge in [0.1, 0.15) is 11.1 Å². The zero-order chi connectivity index (χ0) is 21.3. The molecule has 1 aromatic carbocycles. The van der Waals surface area contributed by atoms with E-state index in [0.717, 1.165) is 42.9 Å². The van der Waals surface area contributed by atoms with Crippen molar-refractivity contribution >= 4 is 23.1 Å². The zero-order valence-corrected chi connectivity index (χ0v) is 18.1. The van der Waals surface area contributed by atoms with E-state index in [4.69, 9.17) is 9.15 Å². The van der Waals surface area contributed by atoms with Gasteiger partial charge in [-0.15, -0.1) is 0 Å². The van der Waals surface area contributed by atoms with Gasteiger partial charge in [-0.1, -0.05) is 12.1 Å². The summed E-state index contributed by atoms with van der Waals surface area (Å²) in [7, 11) is 0. The minimum Gasteiger partial charge on any atom is -0.444 e. The average Bonchev–Trinajstić information content (AvgIpc) is 3.16. The SMILES string of the molecule is CC(C)(C)OC(=O)N1CCC(C(=O)N2CCC(c3nc4ccccc4o3)CC2)CC1. The summed E-state index contributed by atoms with van der Waals surface area (Å²) in [6.07, 6.45) is 2.85. The number of hydrogen-bond donors (Lipinski definition) is 0. The first-order valence-electron chi connectivity index (χ1n) is 10.9. The lowest BCUT2D eigenvalue weighted by molar-refractivity contribution is -0.138. The Bertz CT molecular complexity index is 868. The second kappa shape index (κ2) is 8.28. The highest BCUT2D eigenvalue weighted by molar-refractivity contribution is 5.79. The van der Waals surface area contributed by atoms with E-state index in [1.807, 2.05) is 49.9 Å². The van der Waals surface area contributed by atoms with E-state index in [9.17, 15) is 9.59 Å². The van der Waals surface area contributed by atoms with Gasteiger partial charge in [-0.05, 0) is 58.6 Å². The molecule has 0 spiro atoms. The van der Waals surface area contributed by atoms with Crippen LogP contribution < -0.4 is 0 Å². The van der Waals surface area contributed by atoms with Gasteiger partial charge in [0.25, 0.3) is 0 Å². The Morgan fingerprint density at radius 2 is 1.63 bits per heavy atom. The summed E-state index contributed by atoms with van der Waals surface area (Å²) >= 11 is 0. The highest BCUT2D eigenvalue weighted by atomic mass is 16.6. The van der Waals surface area contributed by atoms with Gasteiger partial charge < -0.3 is 19.0 Å². The van der Waals surface area contributed by atoms with Crippen molar-refractivity contribution < 1.29 is 18.7 Å². The van der Waals surface area contributed by atoms with Gasteiger partial charge in [0.05, 0.1) is 0 Å². The maximum absolute atomic E-state index is 13.0. The van der Waals surface area contributed by atoms with Crippen molar-refractivity contribution in [3.05, 3.63) is 30.2 Å². The summed E-state index contributed by atoms with van der Waals surface area (Å²) in [5, 5.41) is 0. The fraction of sp³-hybridized carbons (Fsp3) is 0.609. The van der Waals surface area contributed by atoms with E-state index in [1.54, 1.807) is 4.90 Å². The Kier molecular flexibility index (Phi) is 5.71. The molecule has 2 aromatic rings. The second-order valence-corrected chi connectivity index (χ2v) is 9.36. The lowest BCUT2D eigenvalue weighted by atomic mass is 9.92. The standard InChI is InChI=1S/C23H31N3O4/c1-23(2,3)30-22(28)26-14-10-17(11-15-26)21(27)25-12-8-16(9-13-25)20-24-18-6-4-5-7-19(18)29-20/h4-7,16-17H,8-15H2,1-3H3. The van der Waals surface area contributed by atoms with Gasteiger partial charge in [0.2, 0.25) is 5.91 Å².